The fourth-order valence-corrected chi connectivity index (χ4v) is 5.00. The number of hydrogen-bond donors (Lipinski definition) is 0. The van der Waals surface area contributed by atoms with Crippen LogP contribution in [-0.4, -0.2) is 49.2 Å². The molecule has 0 aliphatic heterocycles. The van der Waals surface area contributed by atoms with Crippen LogP contribution in [0.1, 0.15) is 27.7 Å². The van der Waals surface area contributed by atoms with E-state index in [4.69, 9.17) is 9.47 Å². The van der Waals surface area contributed by atoms with Crippen molar-refractivity contribution >= 4 is 13.5 Å². The Balaban J connectivity index is 6.07. The van der Waals surface area contributed by atoms with Crippen LogP contribution in [0.2, 0.25) is 0 Å². The molecular weight excluding hydrogens is 246 g/mol. The highest BCUT2D eigenvalue weighted by molar-refractivity contribution is 8.73. The van der Waals surface area contributed by atoms with E-state index < -0.39 is 8.29 Å². The van der Waals surface area contributed by atoms with Gasteiger partial charge in [-0.1, -0.05) is 20.8 Å². The highest BCUT2D eigenvalue weighted by Crippen LogP contribution is 2.84. The van der Waals surface area contributed by atoms with E-state index in [1.165, 1.54) is 0 Å². The van der Waals surface area contributed by atoms with E-state index in [9.17, 15) is 0 Å². The number of rotatable bonds is 5. The summed E-state index contributed by atoms with van der Waals surface area (Å²) in [4.78, 5) is 4.65. The Kier molecular flexibility index (Phi) is 4.97. The minimum absolute atomic E-state index is 0.621. The van der Waals surface area contributed by atoms with Crippen molar-refractivity contribution in [1.82, 2.24) is 0 Å². The molecule has 0 spiro atoms. The Labute approximate surface area is 112 Å². The molecule has 18 heavy (non-hydrogen) atoms. The first kappa shape index (κ1) is 17.4. The Morgan fingerprint density at radius 1 is 1.00 bits per heavy atom. The Hall–Kier alpha value is -0.640. The molecule has 0 aromatic rings. The number of ether oxygens (including phenoxy) is 2. The van der Waals surface area contributed by atoms with Crippen LogP contribution in [0.25, 0.3) is 0 Å². The molecule has 0 saturated heterocycles. The van der Waals surface area contributed by atoms with Gasteiger partial charge in [0.1, 0.15) is 0 Å². The van der Waals surface area contributed by atoms with Crippen LogP contribution in [-0.2, 0) is 9.47 Å². The van der Waals surface area contributed by atoms with Crippen molar-refractivity contribution in [2.75, 3.05) is 44.0 Å². The van der Waals surface area contributed by atoms with Crippen LogP contribution in [0.4, 0.5) is 0 Å². The van der Waals surface area contributed by atoms with E-state index in [-0.39, 0.29) is 0 Å². The second-order valence-corrected chi connectivity index (χ2v) is 15.1. The van der Waals surface area contributed by atoms with Crippen molar-refractivity contribution < 1.29 is 9.47 Å². The van der Waals surface area contributed by atoms with Gasteiger partial charge in [0.25, 0.3) is 0 Å². The number of aliphatic imine (C=N–C) groups is 1. The second kappa shape index (κ2) is 5.16. The Morgan fingerprint density at radius 3 is 1.67 bits per heavy atom. The fraction of sp³-hybridized carbons (Fsp3) is 0.786. The summed E-state index contributed by atoms with van der Waals surface area (Å²) in [6.07, 6.45) is 6.60. The molecule has 3 nitrogen and oxygen atoms in total. The summed E-state index contributed by atoms with van der Waals surface area (Å²) >= 11 is 0. The van der Waals surface area contributed by atoms with Gasteiger partial charge in [0.15, 0.2) is 0 Å². The van der Waals surface area contributed by atoms with Crippen molar-refractivity contribution in [2.45, 2.75) is 27.7 Å². The zero-order chi connectivity index (χ0) is 14.5. The van der Waals surface area contributed by atoms with Crippen molar-refractivity contribution in [3.8, 4) is 0 Å². The standard InChI is InChI=1S/C14H31NO2S/c1-9-13(16-5)15-14(17-6)18(7,8,10-2,11-3)12-4/h9H,10-12H2,1-8H3/b13-9+,15-14-. The number of methoxy groups -OCH3 is 2. The molecule has 0 saturated carbocycles. The summed E-state index contributed by atoms with van der Waals surface area (Å²) in [7, 11) is 0.894. The molecule has 0 aromatic heterocycles. The Bertz CT molecular complexity index is 348. The second-order valence-electron chi connectivity index (χ2n) is 5.87. The molecule has 0 radical (unpaired) electrons. The predicted molar refractivity (Wildman–Crippen MR) is 86.3 cm³/mol. The van der Waals surface area contributed by atoms with E-state index in [1.807, 2.05) is 13.0 Å². The molecule has 0 aromatic carbocycles. The summed E-state index contributed by atoms with van der Waals surface area (Å²) in [5.41, 5.74) is 0. The van der Waals surface area contributed by atoms with Crippen LogP contribution in [0.15, 0.2) is 17.0 Å². The molecule has 0 N–H and O–H groups in total. The lowest BCUT2D eigenvalue weighted by atomic mass is 10.7. The van der Waals surface area contributed by atoms with E-state index in [1.54, 1.807) is 14.2 Å². The first-order valence-electron chi connectivity index (χ1n) is 6.55. The summed E-state index contributed by atoms with van der Waals surface area (Å²) in [6.45, 7) is 8.65. The third-order valence-corrected chi connectivity index (χ3v) is 13.4. The Morgan fingerprint density at radius 2 is 1.44 bits per heavy atom. The number of hydrogen-bond acceptors (Lipinski definition) is 3. The molecular formula is C14H31NO2S. The van der Waals surface area contributed by atoms with E-state index >= 15 is 0 Å². The lowest BCUT2D eigenvalue weighted by Gasteiger charge is -2.72. The molecule has 0 aliphatic rings. The SMILES string of the molecule is C/C=C(\N=C(\OC)S(C)(C)(CC)(CC)CC)OC. The van der Waals surface area contributed by atoms with Crippen molar-refractivity contribution in [2.24, 2.45) is 4.99 Å². The first-order valence-corrected chi connectivity index (χ1v) is 10.3. The predicted octanol–water partition coefficient (Wildman–Crippen LogP) is 3.69. The first-order chi connectivity index (χ1) is 8.20. The quantitative estimate of drug-likeness (QED) is 0.436. The highest BCUT2D eigenvalue weighted by atomic mass is 32.4. The van der Waals surface area contributed by atoms with Crippen LogP contribution in [0, 0.1) is 0 Å². The van der Waals surface area contributed by atoms with Gasteiger partial charge < -0.3 is 9.47 Å². The number of allylic oxidation sites excluding steroid dienone is 1. The van der Waals surface area contributed by atoms with Crippen LogP contribution in [0.3, 0.4) is 0 Å². The van der Waals surface area contributed by atoms with Gasteiger partial charge in [-0.25, -0.2) is 8.29 Å². The van der Waals surface area contributed by atoms with Crippen molar-refractivity contribution in [3.05, 3.63) is 12.0 Å². The van der Waals surface area contributed by atoms with Gasteiger partial charge in [-0.2, -0.15) is 4.99 Å². The summed E-state index contributed by atoms with van der Waals surface area (Å²) in [6, 6.07) is 0. The summed E-state index contributed by atoms with van der Waals surface area (Å²) in [5.74, 6) is 3.83. The summed E-state index contributed by atoms with van der Waals surface area (Å²) in [5, 5.41) is 0.859. The molecule has 0 heterocycles. The smallest absolute Gasteiger partial charge is 0.222 e. The van der Waals surface area contributed by atoms with Gasteiger partial charge in [-0.3, -0.25) is 0 Å². The highest BCUT2D eigenvalue weighted by Gasteiger charge is 2.54. The van der Waals surface area contributed by atoms with Crippen molar-refractivity contribution in [1.29, 1.82) is 0 Å². The average Bonchev–Trinajstić information content (AvgIpc) is 2.41. The molecule has 0 aliphatic carbocycles. The van der Waals surface area contributed by atoms with E-state index in [2.05, 4.69) is 38.3 Å². The van der Waals surface area contributed by atoms with Crippen LogP contribution >= 0.6 is 8.29 Å². The maximum atomic E-state index is 5.71. The third-order valence-electron chi connectivity index (χ3n) is 4.94. The molecule has 110 valence electrons. The maximum absolute atomic E-state index is 5.71. The van der Waals surface area contributed by atoms with Crippen LogP contribution < -0.4 is 0 Å². The minimum Gasteiger partial charge on any atom is -0.481 e. The normalized spacial score (nSPS) is 18.0. The topological polar surface area (TPSA) is 30.8 Å². The van der Waals surface area contributed by atoms with Crippen LogP contribution in [0.5, 0.6) is 0 Å². The van der Waals surface area contributed by atoms with Gasteiger partial charge in [0, 0.05) is 0 Å². The molecule has 0 atom stereocenters. The maximum Gasteiger partial charge on any atom is 0.222 e. The monoisotopic (exact) mass is 277 g/mol. The van der Waals surface area contributed by atoms with Crippen molar-refractivity contribution in [3.63, 3.8) is 0 Å². The zero-order valence-corrected chi connectivity index (χ0v) is 14.2. The lowest BCUT2D eigenvalue weighted by molar-refractivity contribution is 0.284. The van der Waals surface area contributed by atoms with E-state index in [0.29, 0.717) is 5.88 Å². The minimum atomic E-state index is -2.46. The third kappa shape index (κ3) is 2.68. The fourth-order valence-electron chi connectivity index (χ4n) is 1.88. The zero-order valence-electron chi connectivity index (χ0n) is 13.4. The lowest BCUT2D eigenvalue weighted by Crippen LogP contribution is -2.48. The van der Waals surface area contributed by atoms with E-state index in [0.717, 1.165) is 22.5 Å². The van der Waals surface area contributed by atoms with Gasteiger partial charge in [0.05, 0.1) is 14.2 Å². The van der Waals surface area contributed by atoms with Gasteiger partial charge in [-0.05, 0) is 42.8 Å². The number of nitrogens with zero attached hydrogens (tertiary/aromatic N) is 1. The molecule has 0 rings (SSSR count). The molecule has 0 amide bonds. The van der Waals surface area contributed by atoms with Gasteiger partial charge in [-0.15, -0.1) is 0 Å². The molecule has 4 heteroatoms. The van der Waals surface area contributed by atoms with Gasteiger partial charge >= 0.3 is 0 Å². The van der Waals surface area contributed by atoms with Gasteiger partial charge in [0.2, 0.25) is 11.1 Å². The molecule has 0 unspecified atom stereocenters. The molecule has 0 bridgehead atoms. The average molecular weight is 277 g/mol. The largest absolute Gasteiger partial charge is 0.481 e. The molecule has 0 fully saturated rings. The summed E-state index contributed by atoms with van der Waals surface area (Å²) < 4.78 is 11.0.